The number of fused-ring (bicyclic) bond motifs is 4. The zero-order chi connectivity index (χ0) is 57.2. The van der Waals surface area contributed by atoms with Crippen molar-refractivity contribution in [2.75, 3.05) is 79.9 Å². The van der Waals surface area contributed by atoms with Crippen LogP contribution in [0.4, 0.5) is 79.6 Å². The second-order valence-corrected chi connectivity index (χ2v) is 21.1. The maximum absolute atomic E-state index is 8.34. The Morgan fingerprint density at radius 3 is 1.00 bits per heavy atom. The van der Waals surface area contributed by atoms with E-state index in [-0.39, 0.29) is 6.67 Å². The van der Waals surface area contributed by atoms with E-state index in [9.17, 15) is 0 Å². The molecule has 10 nitrogen and oxygen atoms in total. The number of rotatable bonds is 12. The minimum absolute atomic E-state index is 0.176. The minimum Gasteiger partial charge on any atom is -0.457 e. The van der Waals surface area contributed by atoms with Crippen LogP contribution in [0.25, 0.3) is 22.3 Å². The van der Waals surface area contributed by atoms with Gasteiger partial charge < -0.3 is 48.7 Å². The van der Waals surface area contributed by atoms with Gasteiger partial charge in [-0.05, 0) is 144 Å². The first-order valence-electron chi connectivity index (χ1n) is 29.2. The number of anilines is 14. The van der Waals surface area contributed by atoms with Crippen LogP contribution >= 0.6 is 0 Å². The van der Waals surface area contributed by atoms with Crippen LogP contribution < -0.4 is 48.7 Å². The molecule has 0 radical (unpaired) electrons. The lowest BCUT2D eigenvalue weighted by Gasteiger charge is -2.25. The third-order valence-electron chi connectivity index (χ3n) is 16.0. The molecule has 0 bridgehead atoms. The lowest BCUT2D eigenvalue weighted by Crippen LogP contribution is -2.25. The second kappa shape index (κ2) is 20.3. The maximum Gasteiger partial charge on any atom is 0.130 e. The molecule has 398 valence electrons. The molecule has 11 aromatic rings. The molecule has 11 aromatic carbocycles. The van der Waals surface area contributed by atoms with Gasteiger partial charge in [0.05, 0.1) is 58.8 Å². The van der Waals surface area contributed by atoms with Crippen molar-refractivity contribution in [1.82, 2.24) is 0 Å². The van der Waals surface area contributed by atoms with Crippen LogP contribution in [0.2, 0.25) is 0 Å². The molecule has 0 atom stereocenters. The average molecular weight is 1070 g/mol. The summed E-state index contributed by atoms with van der Waals surface area (Å²) in [6, 6.07) is 92.3. The quantitative estimate of drug-likeness (QED) is 0.118. The van der Waals surface area contributed by atoms with Crippen LogP contribution in [-0.4, -0.2) is 40.7 Å². The Kier molecular flexibility index (Phi) is 11.2. The van der Waals surface area contributed by atoms with Crippen molar-refractivity contribution in [3.8, 4) is 45.3 Å². The highest BCUT2D eigenvalue weighted by molar-refractivity contribution is 5.91. The fourth-order valence-electron chi connectivity index (χ4n) is 12.1. The molecule has 15 rings (SSSR count). The molecule has 4 heterocycles. The van der Waals surface area contributed by atoms with Gasteiger partial charge in [0.25, 0.3) is 0 Å². The predicted octanol–water partition coefficient (Wildman–Crippen LogP) is 18.2. The summed E-state index contributed by atoms with van der Waals surface area (Å²) in [7, 11) is 2.14. The van der Waals surface area contributed by atoms with Crippen molar-refractivity contribution in [3.63, 3.8) is 0 Å². The molecule has 0 aromatic heterocycles. The molecule has 0 aliphatic carbocycles. The number of ether oxygens (including phenoxy) is 2. The van der Waals surface area contributed by atoms with Crippen LogP contribution in [0, 0.1) is 0 Å². The van der Waals surface area contributed by atoms with E-state index in [0.717, 1.165) is 103 Å². The summed E-state index contributed by atoms with van der Waals surface area (Å²) >= 11 is 0. The van der Waals surface area contributed by atoms with Crippen molar-refractivity contribution in [1.29, 1.82) is 0 Å². The van der Waals surface area contributed by atoms with Crippen molar-refractivity contribution < 1.29 is 13.6 Å². The molecular formula is C72H58N8O2. The topological polar surface area (TPSA) is 44.4 Å². The molecule has 0 spiro atoms. The summed E-state index contributed by atoms with van der Waals surface area (Å²) in [6.07, 6.45) is 0. The summed E-state index contributed by atoms with van der Waals surface area (Å²) in [5, 5.41) is 0. The minimum atomic E-state index is -2.31. The van der Waals surface area contributed by atoms with E-state index < -0.39 is 6.98 Å². The highest BCUT2D eigenvalue weighted by Gasteiger charge is 2.32. The Hall–Kier alpha value is -10.6. The van der Waals surface area contributed by atoms with E-state index in [2.05, 4.69) is 231 Å². The Morgan fingerprint density at radius 2 is 0.585 bits per heavy atom. The molecule has 0 fully saturated rings. The molecule has 82 heavy (non-hydrogen) atoms. The van der Waals surface area contributed by atoms with Gasteiger partial charge in [-0.25, -0.2) is 0 Å². The Balaban J connectivity index is 0.677. The van der Waals surface area contributed by atoms with Crippen LogP contribution in [0.3, 0.4) is 0 Å². The fourth-order valence-corrected chi connectivity index (χ4v) is 12.1. The van der Waals surface area contributed by atoms with Crippen LogP contribution in [0.15, 0.2) is 267 Å². The normalized spacial score (nSPS) is 14.8. The van der Waals surface area contributed by atoms with Gasteiger partial charge in [0, 0.05) is 76.5 Å². The highest BCUT2D eigenvalue weighted by atomic mass is 16.5. The first-order valence-corrected chi connectivity index (χ1v) is 27.7. The van der Waals surface area contributed by atoms with Gasteiger partial charge in [-0.3, -0.25) is 0 Å². The number of para-hydroxylation sites is 8. The molecule has 4 aliphatic heterocycles. The predicted molar refractivity (Wildman–Crippen MR) is 338 cm³/mol. The largest absolute Gasteiger partial charge is 0.457 e. The van der Waals surface area contributed by atoms with Crippen molar-refractivity contribution >= 4 is 79.6 Å². The summed E-state index contributed by atoms with van der Waals surface area (Å²) in [6.45, 7) is -0.192. The number of nitrogens with zero attached hydrogens (tertiary/aromatic N) is 8. The third-order valence-corrected chi connectivity index (χ3v) is 16.0. The SMILES string of the molecule is [2H]C([2H])([2H])N1CN(c2cc(Oc3cccc(N4CN(c5ccc(N6CN(c7cccc(Oc8cc(-c9ccccc9)cc(N9CN(C)c%10ccccc%109)c8)c7)c7ccccc76)cc5)c5ccccc54)c3)cc(-c3ccccc3)c2)c2ccccc21. The van der Waals surface area contributed by atoms with Crippen molar-refractivity contribution in [2.45, 2.75) is 0 Å². The maximum atomic E-state index is 8.34. The molecule has 4 aliphatic rings. The third kappa shape index (κ3) is 8.87. The summed E-state index contributed by atoms with van der Waals surface area (Å²) in [4.78, 5) is 17.6. The lowest BCUT2D eigenvalue weighted by atomic mass is 10.0. The van der Waals surface area contributed by atoms with Crippen LogP contribution in [-0.2, 0) is 0 Å². The van der Waals surface area contributed by atoms with Crippen molar-refractivity contribution in [3.05, 3.63) is 267 Å². The van der Waals surface area contributed by atoms with Gasteiger partial charge in [-0.15, -0.1) is 0 Å². The van der Waals surface area contributed by atoms with E-state index in [1.54, 1.807) is 0 Å². The van der Waals surface area contributed by atoms with E-state index in [1.807, 2.05) is 77.7 Å². The van der Waals surface area contributed by atoms with Gasteiger partial charge >= 0.3 is 0 Å². The summed E-state index contributed by atoms with van der Waals surface area (Å²) in [5.41, 5.74) is 18.6. The molecule has 0 amide bonds. The number of hydrogen-bond acceptors (Lipinski definition) is 10. The molecule has 0 saturated carbocycles. The lowest BCUT2D eigenvalue weighted by molar-refractivity contribution is 0.482. The first-order chi connectivity index (χ1) is 41.6. The monoisotopic (exact) mass is 1070 g/mol. The summed E-state index contributed by atoms with van der Waals surface area (Å²) in [5.74, 6) is 2.84. The van der Waals surface area contributed by atoms with Gasteiger partial charge in [-0.1, -0.05) is 121 Å². The fraction of sp³-hybridized carbons (Fsp3) is 0.0833. The zero-order valence-corrected chi connectivity index (χ0v) is 45.1. The molecule has 0 N–H and O–H groups in total. The van der Waals surface area contributed by atoms with E-state index >= 15 is 0 Å². The smallest absolute Gasteiger partial charge is 0.130 e. The standard InChI is InChI=1S/C72H58N8O2/c1-73-47-75(67-29-11-9-27-65(67)73)59-39-53(51-19-5-3-6-20-51)41-63(45-59)81-61-25-17-23-57(43-61)79-49-77(69-31-13-15-33-71(69)79)55-35-37-56(38-36-55)78-50-80(72-34-16-14-32-70(72)78)58-24-18-26-62(44-58)82-64-42-54(52-21-7-4-8-22-52)40-60(46-64)76-48-74(2)66-28-10-12-30-68(66)76/h3-46H,47-50H2,1-2H3/i1D3. The Bertz CT molecular complexity index is 4300. The van der Waals surface area contributed by atoms with E-state index in [0.29, 0.717) is 30.5 Å². The summed E-state index contributed by atoms with van der Waals surface area (Å²) < 4.78 is 38.7. The van der Waals surface area contributed by atoms with Crippen molar-refractivity contribution in [2.24, 2.45) is 0 Å². The van der Waals surface area contributed by atoms with Gasteiger partial charge in [0.15, 0.2) is 0 Å². The molecular weight excluding hydrogens is 1010 g/mol. The van der Waals surface area contributed by atoms with Crippen LogP contribution in [0.1, 0.15) is 4.11 Å². The number of hydrogen-bond donors (Lipinski definition) is 0. The van der Waals surface area contributed by atoms with Crippen LogP contribution in [0.5, 0.6) is 23.0 Å². The Morgan fingerprint density at radius 1 is 0.256 bits per heavy atom. The molecule has 10 heteroatoms. The number of benzene rings is 11. The van der Waals surface area contributed by atoms with Gasteiger partial charge in [-0.2, -0.15) is 0 Å². The first kappa shape index (κ1) is 45.3. The zero-order valence-electron chi connectivity index (χ0n) is 48.1. The molecule has 0 saturated heterocycles. The van der Waals surface area contributed by atoms with Gasteiger partial charge in [0.2, 0.25) is 0 Å². The molecule has 0 unspecified atom stereocenters. The van der Waals surface area contributed by atoms with E-state index in [4.69, 9.17) is 13.6 Å². The second-order valence-electron chi connectivity index (χ2n) is 21.1. The Labute approximate surface area is 483 Å². The average Bonchev–Trinajstić information content (AvgIpc) is 4.51. The van der Waals surface area contributed by atoms with E-state index in [1.165, 1.54) is 16.3 Å². The highest BCUT2D eigenvalue weighted by Crippen LogP contribution is 2.50. The van der Waals surface area contributed by atoms with Gasteiger partial charge in [0.1, 0.15) is 36.3 Å².